The van der Waals surface area contributed by atoms with Gasteiger partial charge in [-0.2, -0.15) is 0 Å². The largest absolute Gasteiger partial charge is 0.384 e. The van der Waals surface area contributed by atoms with Crippen LogP contribution in [0.4, 0.5) is 10.2 Å². The number of rotatable bonds is 3. The van der Waals surface area contributed by atoms with E-state index in [1.807, 2.05) is 0 Å². The van der Waals surface area contributed by atoms with Crippen LogP contribution >= 0.6 is 11.6 Å². The molecule has 0 atom stereocenters. The Morgan fingerprint density at radius 3 is 2.67 bits per heavy atom. The van der Waals surface area contributed by atoms with E-state index in [0.29, 0.717) is 22.2 Å². The highest BCUT2D eigenvalue weighted by atomic mass is 35.5. The quantitative estimate of drug-likeness (QED) is 0.924. The zero-order valence-electron chi connectivity index (χ0n) is 9.95. The van der Waals surface area contributed by atoms with Gasteiger partial charge in [0.2, 0.25) is 0 Å². The number of nitrogens with zero attached hydrogens (tertiary/aromatic N) is 2. The van der Waals surface area contributed by atoms with Crippen molar-refractivity contribution >= 4 is 17.4 Å². The van der Waals surface area contributed by atoms with E-state index >= 15 is 0 Å². The molecule has 3 nitrogen and oxygen atoms in total. The molecule has 0 saturated carbocycles. The SMILES string of the molecule is CCCc1cc(N)nc(-c2cc(F)cc(Cl)c2)n1. The minimum atomic E-state index is -0.416. The van der Waals surface area contributed by atoms with E-state index in [1.54, 1.807) is 12.1 Å². The summed E-state index contributed by atoms with van der Waals surface area (Å²) in [6, 6.07) is 5.93. The topological polar surface area (TPSA) is 51.8 Å². The zero-order valence-corrected chi connectivity index (χ0v) is 10.7. The van der Waals surface area contributed by atoms with Crippen LogP contribution < -0.4 is 5.73 Å². The number of nitrogen functional groups attached to an aromatic ring is 1. The maximum atomic E-state index is 13.3. The van der Waals surface area contributed by atoms with Crippen LogP contribution in [0.3, 0.4) is 0 Å². The number of hydrogen-bond acceptors (Lipinski definition) is 3. The third-order valence-electron chi connectivity index (χ3n) is 2.43. The normalized spacial score (nSPS) is 10.6. The molecule has 5 heteroatoms. The average molecular weight is 266 g/mol. The van der Waals surface area contributed by atoms with Crippen LogP contribution in [-0.4, -0.2) is 9.97 Å². The predicted molar refractivity (Wildman–Crippen MR) is 70.8 cm³/mol. The molecule has 0 saturated heterocycles. The molecule has 0 fully saturated rings. The van der Waals surface area contributed by atoms with Crippen molar-refractivity contribution in [1.82, 2.24) is 9.97 Å². The minimum absolute atomic E-state index is 0.313. The van der Waals surface area contributed by atoms with Crippen LogP contribution in [0.5, 0.6) is 0 Å². The smallest absolute Gasteiger partial charge is 0.161 e. The van der Waals surface area contributed by atoms with Gasteiger partial charge in [-0.25, -0.2) is 14.4 Å². The number of benzene rings is 1. The van der Waals surface area contributed by atoms with Crippen molar-refractivity contribution in [3.05, 3.63) is 40.8 Å². The third-order valence-corrected chi connectivity index (χ3v) is 2.64. The molecule has 1 aromatic heterocycles. The van der Waals surface area contributed by atoms with Gasteiger partial charge in [-0.15, -0.1) is 0 Å². The van der Waals surface area contributed by atoms with E-state index in [2.05, 4.69) is 16.9 Å². The molecule has 94 valence electrons. The van der Waals surface area contributed by atoms with Crippen molar-refractivity contribution in [2.45, 2.75) is 19.8 Å². The second kappa shape index (κ2) is 5.31. The first-order valence-corrected chi connectivity index (χ1v) is 6.06. The summed E-state index contributed by atoms with van der Waals surface area (Å²) in [6.07, 6.45) is 1.77. The standard InChI is InChI=1S/C13H13ClFN3/c1-2-3-11-7-12(16)18-13(17-11)8-4-9(14)6-10(15)5-8/h4-7H,2-3H2,1H3,(H2,16,17,18). The highest BCUT2D eigenvalue weighted by Gasteiger charge is 2.07. The summed E-state index contributed by atoms with van der Waals surface area (Å²) in [5.41, 5.74) is 7.10. The predicted octanol–water partition coefficient (Wildman–Crippen LogP) is 3.47. The summed E-state index contributed by atoms with van der Waals surface area (Å²) in [5.74, 6) is 0.365. The lowest BCUT2D eigenvalue weighted by atomic mass is 10.2. The zero-order chi connectivity index (χ0) is 13.1. The Bertz CT molecular complexity index is 552. The maximum absolute atomic E-state index is 13.3. The number of anilines is 1. The van der Waals surface area contributed by atoms with E-state index in [0.717, 1.165) is 18.5 Å². The van der Waals surface area contributed by atoms with Crippen LogP contribution in [0.15, 0.2) is 24.3 Å². The van der Waals surface area contributed by atoms with E-state index < -0.39 is 5.82 Å². The molecule has 0 aliphatic heterocycles. The molecule has 0 radical (unpaired) electrons. The van der Waals surface area contributed by atoms with Gasteiger partial charge in [-0.1, -0.05) is 24.9 Å². The van der Waals surface area contributed by atoms with Gasteiger partial charge in [0.1, 0.15) is 11.6 Å². The van der Waals surface area contributed by atoms with E-state index in [1.165, 1.54) is 12.1 Å². The van der Waals surface area contributed by atoms with Crippen LogP contribution in [0.2, 0.25) is 5.02 Å². The summed E-state index contributed by atoms with van der Waals surface area (Å²) >= 11 is 5.81. The Labute approximate surface area is 110 Å². The second-order valence-corrected chi connectivity index (χ2v) is 4.45. The fourth-order valence-corrected chi connectivity index (χ4v) is 1.94. The lowest BCUT2D eigenvalue weighted by Gasteiger charge is -2.06. The van der Waals surface area contributed by atoms with Crippen molar-refractivity contribution in [3.63, 3.8) is 0 Å². The van der Waals surface area contributed by atoms with Crippen molar-refractivity contribution in [2.24, 2.45) is 0 Å². The summed E-state index contributed by atoms with van der Waals surface area (Å²) in [7, 11) is 0. The van der Waals surface area contributed by atoms with Gasteiger partial charge in [0.25, 0.3) is 0 Å². The van der Waals surface area contributed by atoms with Crippen molar-refractivity contribution in [2.75, 3.05) is 5.73 Å². The lowest BCUT2D eigenvalue weighted by Crippen LogP contribution is -2.00. The minimum Gasteiger partial charge on any atom is -0.384 e. The number of hydrogen-bond donors (Lipinski definition) is 1. The second-order valence-electron chi connectivity index (χ2n) is 4.02. The molecule has 0 amide bonds. The first kappa shape index (κ1) is 12.8. The van der Waals surface area contributed by atoms with Crippen LogP contribution in [0.25, 0.3) is 11.4 Å². The molecule has 2 N–H and O–H groups in total. The Morgan fingerprint density at radius 1 is 1.22 bits per heavy atom. The highest BCUT2D eigenvalue weighted by Crippen LogP contribution is 2.22. The van der Waals surface area contributed by atoms with E-state index in [-0.39, 0.29) is 0 Å². The molecule has 2 aromatic rings. The lowest BCUT2D eigenvalue weighted by molar-refractivity contribution is 0.628. The molecule has 0 spiro atoms. The Morgan fingerprint density at radius 2 is 2.00 bits per heavy atom. The van der Waals surface area contributed by atoms with Gasteiger partial charge < -0.3 is 5.73 Å². The molecular formula is C13H13ClFN3. The fraction of sp³-hybridized carbons (Fsp3) is 0.231. The molecule has 1 aromatic carbocycles. The van der Waals surface area contributed by atoms with Gasteiger partial charge in [-0.3, -0.25) is 0 Å². The molecule has 0 aliphatic carbocycles. The molecule has 2 rings (SSSR count). The highest BCUT2D eigenvalue weighted by molar-refractivity contribution is 6.30. The van der Waals surface area contributed by atoms with Gasteiger partial charge >= 0.3 is 0 Å². The third kappa shape index (κ3) is 2.96. The van der Waals surface area contributed by atoms with E-state index in [9.17, 15) is 4.39 Å². The Hall–Kier alpha value is -1.68. The van der Waals surface area contributed by atoms with Crippen molar-refractivity contribution in [3.8, 4) is 11.4 Å². The van der Waals surface area contributed by atoms with Gasteiger partial charge in [-0.05, 0) is 24.6 Å². The van der Waals surface area contributed by atoms with Gasteiger partial charge in [0.15, 0.2) is 5.82 Å². The molecular weight excluding hydrogens is 253 g/mol. The summed E-state index contributed by atoms with van der Waals surface area (Å²) in [5, 5.41) is 0.313. The Balaban J connectivity index is 2.49. The van der Waals surface area contributed by atoms with Gasteiger partial charge in [0.05, 0.1) is 0 Å². The summed E-state index contributed by atoms with van der Waals surface area (Å²) < 4.78 is 13.3. The van der Waals surface area contributed by atoms with Crippen LogP contribution in [-0.2, 0) is 6.42 Å². The van der Waals surface area contributed by atoms with Crippen molar-refractivity contribution < 1.29 is 4.39 Å². The number of halogens is 2. The molecule has 1 heterocycles. The molecule has 18 heavy (non-hydrogen) atoms. The van der Waals surface area contributed by atoms with Crippen LogP contribution in [0.1, 0.15) is 19.0 Å². The maximum Gasteiger partial charge on any atom is 0.161 e. The monoisotopic (exact) mass is 265 g/mol. The summed E-state index contributed by atoms with van der Waals surface area (Å²) in [4.78, 5) is 8.47. The van der Waals surface area contributed by atoms with Crippen LogP contribution in [0, 0.1) is 5.82 Å². The first-order valence-electron chi connectivity index (χ1n) is 5.68. The first-order chi connectivity index (χ1) is 8.58. The Kier molecular flexibility index (Phi) is 3.77. The van der Waals surface area contributed by atoms with E-state index in [4.69, 9.17) is 17.3 Å². The number of nitrogens with two attached hydrogens (primary N) is 1. The van der Waals surface area contributed by atoms with Gasteiger partial charge in [0, 0.05) is 22.3 Å². The molecule has 0 unspecified atom stereocenters. The molecule has 0 bridgehead atoms. The number of aryl methyl sites for hydroxylation is 1. The average Bonchev–Trinajstić information content (AvgIpc) is 2.27. The van der Waals surface area contributed by atoms with Crippen molar-refractivity contribution in [1.29, 1.82) is 0 Å². The number of aromatic nitrogens is 2. The molecule has 0 aliphatic rings. The summed E-state index contributed by atoms with van der Waals surface area (Å²) in [6.45, 7) is 2.05. The fourth-order valence-electron chi connectivity index (χ4n) is 1.71.